The smallest absolute Gasteiger partial charge is 0.141 e. The van der Waals surface area contributed by atoms with Crippen LogP contribution < -0.4 is 0 Å². The summed E-state index contributed by atoms with van der Waals surface area (Å²) in [7, 11) is 0. The number of benzene rings is 4. The number of nitrogens with zero attached hydrogens (tertiary/aromatic N) is 3. The van der Waals surface area contributed by atoms with E-state index in [2.05, 4.69) is 93.9 Å². The van der Waals surface area contributed by atoms with Gasteiger partial charge in [-0.15, -0.1) is 6.58 Å². The van der Waals surface area contributed by atoms with Crippen LogP contribution in [0.4, 0.5) is 0 Å². The molecule has 0 saturated carbocycles. The van der Waals surface area contributed by atoms with Gasteiger partial charge in [0.25, 0.3) is 0 Å². The van der Waals surface area contributed by atoms with Crippen molar-refractivity contribution in [2.24, 2.45) is 0 Å². The molecule has 4 aromatic carbocycles. The molecule has 168 valence electrons. The zero-order valence-corrected chi connectivity index (χ0v) is 19.2. The molecule has 4 nitrogen and oxygen atoms in total. The molecule has 0 amide bonds. The molecule has 6 rings (SSSR count). The van der Waals surface area contributed by atoms with Gasteiger partial charge in [-0.05, 0) is 35.4 Å². The summed E-state index contributed by atoms with van der Waals surface area (Å²) in [6, 6.07) is 33.3. The van der Waals surface area contributed by atoms with Gasteiger partial charge in [-0.2, -0.15) is 0 Å². The van der Waals surface area contributed by atoms with E-state index < -0.39 is 0 Å². The third kappa shape index (κ3) is 4.06. The quantitative estimate of drug-likeness (QED) is 0.209. The van der Waals surface area contributed by atoms with Gasteiger partial charge in [0, 0.05) is 17.7 Å². The van der Waals surface area contributed by atoms with Gasteiger partial charge in [0.1, 0.15) is 11.6 Å². The fourth-order valence-corrected chi connectivity index (χ4v) is 4.39. The van der Waals surface area contributed by atoms with E-state index in [4.69, 9.17) is 4.98 Å². The van der Waals surface area contributed by atoms with Crippen LogP contribution in [0.15, 0.2) is 110 Å². The Hall–Kier alpha value is -4.70. The molecule has 0 aliphatic carbocycles. The number of hydrogen-bond donors (Lipinski definition) is 1. The van der Waals surface area contributed by atoms with Crippen LogP contribution >= 0.6 is 0 Å². The first-order valence-electron chi connectivity index (χ1n) is 11.7. The number of aromatic nitrogens is 4. The molecule has 0 radical (unpaired) electrons. The molecule has 6 aromatic rings. The van der Waals surface area contributed by atoms with Crippen LogP contribution in [0.5, 0.6) is 0 Å². The molecule has 2 aromatic heterocycles. The van der Waals surface area contributed by atoms with Crippen molar-refractivity contribution < 1.29 is 0 Å². The SMILES string of the molecule is C=CCn1c(-c2ccc(C=Cc3ccc(-c4nc5ccccc5[nH]4)cc3)cc2)nc2ccccc21. The molecule has 0 aliphatic rings. The van der Waals surface area contributed by atoms with Crippen molar-refractivity contribution in [2.75, 3.05) is 0 Å². The fraction of sp³-hybridized carbons (Fsp3) is 0.0323. The Labute approximate surface area is 203 Å². The molecular formula is C31H24N4. The predicted octanol–water partition coefficient (Wildman–Crippen LogP) is 7.60. The fourth-order valence-electron chi connectivity index (χ4n) is 4.39. The summed E-state index contributed by atoms with van der Waals surface area (Å²) in [6.45, 7) is 4.64. The van der Waals surface area contributed by atoms with E-state index in [0.717, 1.165) is 62.5 Å². The second-order valence-corrected chi connectivity index (χ2v) is 8.50. The van der Waals surface area contributed by atoms with Gasteiger partial charge < -0.3 is 9.55 Å². The average molecular weight is 453 g/mol. The van der Waals surface area contributed by atoms with Crippen molar-refractivity contribution in [1.29, 1.82) is 0 Å². The Balaban J connectivity index is 1.21. The molecule has 0 fully saturated rings. The van der Waals surface area contributed by atoms with Crippen LogP contribution in [-0.2, 0) is 6.54 Å². The molecular weight excluding hydrogens is 428 g/mol. The highest BCUT2D eigenvalue weighted by atomic mass is 15.1. The number of H-pyrrole nitrogens is 1. The van der Waals surface area contributed by atoms with Crippen molar-refractivity contribution in [3.8, 4) is 22.8 Å². The minimum absolute atomic E-state index is 0.724. The lowest BCUT2D eigenvalue weighted by Crippen LogP contribution is -1.98. The zero-order valence-electron chi connectivity index (χ0n) is 19.2. The molecule has 0 saturated heterocycles. The van der Waals surface area contributed by atoms with Crippen molar-refractivity contribution in [3.63, 3.8) is 0 Å². The summed E-state index contributed by atoms with van der Waals surface area (Å²) >= 11 is 0. The lowest BCUT2D eigenvalue weighted by molar-refractivity contribution is 0.862. The number of para-hydroxylation sites is 4. The van der Waals surface area contributed by atoms with Gasteiger partial charge in [-0.3, -0.25) is 0 Å². The van der Waals surface area contributed by atoms with Crippen LogP contribution in [0.3, 0.4) is 0 Å². The van der Waals surface area contributed by atoms with E-state index in [1.807, 2.05) is 42.5 Å². The summed E-state index contributed by atoms with van der Waals surface area (Å²) in [6.07, 6.45) is 6.17. The molecule has 0 atom stereocenters. The van der Waals surface area contributed by atoms with Gasteiger partial charge >= 0.3 is 0 Å². The molecule has 0 spiro atoms. The Kier molecular flexibility index (Phi) is 5.32. The van der Waals surface area contributed by atoms with Crippen LogP contribution in [0.1, 0.15) is 11.1 Å². The number of imidazole rings is 2. The first-order chi connectivity index (χ1) is 17.3. The molecule has 4 heteroatoms. The Morgan fingerprint density at radius 1 is 0.686 bits per heavy atom. The molecule has 1 N–H and O–H groups in total. The average Bonchev–Trinajstić information content (AvgIpc) is 3.50. The highest BCUT2D eigenvalue weighted by molar-refractivity contribution is 5.82. The van der Waals surface area contributed by atoms with E-state index >= 15 is 0 Å². The molecule has 2 heterocycles. The Bertz CT molecular complexity index is 1630. The normalized spacial score (nSPS) is 11.5. The first-order valence-corrected chi connectivity index (χ1v) is 11.7. The molecule has 0 unspecified atom stereocenters. The third-order valence-corrected chi connectivity index (χ3v) is 6.18. The maximum absolute atomic E-state index is 4.86. The largest absolute Gasteiger partial charge is 0.338 e. The summed E-state index contributed by atoms with van der Waals surface area (Å²) in [5.74, 6) is 1.85. The monoisotopic (exact) mass is 452 g/mol. The number of nitrogens with one attached hydrogen (secondary N) is 1. The van der Waals surface area contributed by atoms with Gasteiger partial charge in [0.2, 0.25) is 0 Å². The standard InChI is InChI=1S/C31H24N4/c1-2-21-35-29-10-6-5-9-28(29)34-31(35)25-19-15-23(16-20-25)12-11-22-13-17-24(18-14-22)30-32-26-7-3-4-8-27(26)33-30/h2-20H,1,21H2,(H,32,33). The highest BCUT2D eigenvalue weighted by Crippen LogP contribution is 2.26. The molecule has 0 aliphatic heterocycles. The maximum atomic E-state index is 4.86. The highest BCUT2D eigenvalue weighted by Gasteiger charge is 2.11. The number of fused-ring (bicyclic) bond motifs is 2. The van der Waals surface area contributed by atoms with Gasteiger partial charge in [0.05, 0.1) is 22.1 Å². The van der Waals surface area contributed by atoms with Crippen molar-refractivity contribution in [1.82, 2.24) is 19.5 Å². The third-order valence-electron chi connectivity index (χ3n) is 6.18. The molecule has 35 heavy (non-hydrogen) atoms. The van der Waals surface area contributed by atoms with Gasteiger partial charge in [-0.25, -0.2) is 9.97 Å². The maximum Gasteiger partial charge on any atom is 0.141 e. The minimum atomic E-state index is 0.724. The second kappa shape index (κ2) is 8.92. The Morgan fingerprint density at radius 2 is 1.31 bits per heavy atom. The van der Waals surface area contributed by atoms with Crippen molar-refractivity contribution in [2.45, 2.75) is 6.54 Å². The topological polar surface area (TPSA) is 46.5 Å². The summed E-state index contributed by atoms with van der Waals surface area (Å²) in [5.41, 5.74) is 8.60. The predicted molar refractivity (Wildman–Crippen MR) is 146 cm³/mol. The van der Waals surface area contributed by atoms with Crippen LogP contribution in [-0.4, -0.2) is 19.5 Å². The van der Waals surface area contributed by atoms with Gasteiger partial charge in [-0.1, -0.05) is 91.0 Å². The van der Waals surface area contributed by atoms with Crippen LogP contribution in [0.25, 0.3) is 57.0 Å². The van der Waals surface area contributed by atoms with E-state index in [9.17, 15) is 0 Å². The summed E-state index contributed by atoms with van der Waals surface area (Å²) < 4.78 is 2.21. The van der Waals surface area contributed by atoms with Crippen molar-refractivity contribution >= 4 is 34.2 Å². The second-order valence-electron chi connectivity index (χ2n) is 8.50. The number of aromatic amines is 1. The van der Waals surface area contributed by atoms with Crippen molar-refractivity contribution in [3.05, 3.63) is 121 Å². The van der Waals surface area contributed by atoms with E-state index in [-0.39, 0.29) is 0 Å². The van der Waals surface area contributed by atoms with E-state index in [0.29, 0.717) is 0 Å². The van der Waals surface area contributed by atoms with Crippen LogP contribution in [0.2, 0.25) is 0 Å². The van der Waals surface area contributed by atoms with Crippen LogP contribution in [0, 0.1) is 0 Å². The Morgan fingerprint density at radius 3 is 2.00 bits per heavy atom. The number of rotatable bonds is 6. The lowest BCUT2D eigenvalue weighted by atomic mass is 10.1. The van der Waals surface area contributed by atoms with E-state index in [1.54, 1.807) is 0 Å². The van der Waals surface area contributed by atoms with Gasteiger partial charge in [0.15, 0.2) is 0 Å². The molecule has 0 bridgehead atoms. The number of allylic oxidation sites excluding steroid dienone is 1. The minimum Gasteiger partial charge on any atom is -0.338 e. The van der Waals surface area contributed by atoms with E-state index in [1.165, 1.54) is 0 Å². The lowest BCUT2D eigenvalue weighted by Gasteiger charge is -2.07. The summed E-state index contributed by atoms with van der Waals surface area (Å²) in [5, 5.41) is 0. The summed E-state index contributed by atoms with van der Waals surface area (Å²) in [4.78, 5) is 12.9. The first kappa shape index (κ1) is 20.9. The zero-order chi connectivity index (χ0) is 23.6. The number of hydrogen-bond acceptors (Lipinski definition) is 2.